The second-order valence-electron chi connectivity index (χ2n) is 8.70. The minimum absolute atomic E-state index is 0.0645. The van der Waals surface area contributed by atoms with Crippen molar-refractivity contribution in [2.75, 3.05) is 0 Å². The van der Waals surface area contributed by atoms with E-state index in [0.717, 1.165) is 24.1 Å². The summed E-state index contributed by atoms with van der Waals surface area (Å²) in [5.74, 6) is -2.97. The molecule has 4 heteroatoms. The summed E-state index contributed by atoms with van der Waals surface area (Å²) in [6.07, 6.45) is 1.63. The van der Waals surface area contributed by atoms with Crippen LogP contribution in [-0.2, 0) is 12.8 Å². The largest absolute Gasteiger partial charge is 0.207 e. The molecule has 4 aromatic rings. The van der Waals surface area contributed by atoms with Gasteiger partial charge in [0.05, 0.1) is 5.56 Å². The van der Waals surface area contributed by atoms with E-state index in [-0.39, 0.29) is 17.5 Å². The Labute approximate surface area is 197 Å². The second-order valence-corrected chi connectivity index (χ2v) is 8.70. The first-order valence-corrected chi connectivity index (χ1v) is 11.5. The predicted molar refractivity (Wildman–Crippen MR) is 130 cm³/mol. The van der Waals surface area contributed by atoms with Crippen LogP contribution in [0, 0.1) is 23.3 Å². The molecule has 4 aromatic carbocycles. The molecule has 0 amide bonds. The van der Waals surface area contributed by atoms with Gasteiger partial charge in [-0.05, 0) is 70.8 Å². The van der Waals surface area contributed by atoms with Gasteiger partial charge in [0.2, 0.25) is 0 Å². The third kappa shape index (κ3) is 5.06. The lowest BCUT2D eigenvalue weighted by molar-refractivity contribution is 0.552. The summed E-state index contributed by atoms with van der Waals surface area (Å²) in [6.45, 7) is 3.97. The average Bonchev–Trinajstić information content (AvgIpc) is 2.82. The summed E-state index contributed by atoms with van der Waals surface area (Å²) < 4.78 is 58.6. The van der Waals surface area contributed by atoms with Crippen molar-refractivity contribution in [2.24, 2.45) is 0 Å². The zero-order chi connectivity index (χ0) is 24.2. The normalized spacial score (nSPS) is 12.1. The highest BCUT2D eigenvalue weighted by molar-refractivity contribution is 5.72. The molecule has 0 heterocycles. The third-order valence-electron chi connectivity index (χ3n) is 6.17. The van der Waals surface area contributed by atoms with Crippen LogP contribution in [0.4, 0.5) is 17.6 Å². The van der Waals surface area contributed by atoms with Gasteiger partial charge >= 0.3 is 0 Å². The molecule has 1 atom stereocenters. The van der Waals surface area contributed by atoms with Crippen molar-refractivity contribution < 1.29 is 17.6 Å². The van der Waals surface area contributed by atoms with Crippen LogP contribution in [0.2, 0.25) is 0 Å². The molecule has 0 nitrogen and oxygen atoms in total. The van der Waals surface area contributed by atoms with Gasteiger partial charge < -0.3 is 0 Å². The fourth-order valence-electron chi connectivity index (χ4n) is 4.34. The summed E-state index contributed by atoms with van der Waals surface area (Å²) in [4.78, 5) is 0. The van der Waals surface area contributed by atoms with Crippen LogP contribution < -0.4 is 0 Å². The zero-order valence-electron chi connectivity index (χ0n) is 19.2. The van der Waals surface area contributed by atoms with Gasteiger partial charge in [0, 0.05) is 5.56 Å². The minimum atomic E-state index is -0.862. The highest BCUT2D eigenvalue weighted by Gasteiger charge is 2.18. The fraction of sp³-hybridized carbons (Fsp3) is 0.200. The molecular formula is C30H26F4. The molecule has 0 aromatic heterocycles. The quantitative estimate of drug-likeness (QED) is 0.241. The maximum Gasteiger partial charge on any atom is 0.134 e. The Bertz CT molecular complexity index is 1230. The van der Waals surface area contributed by atoms with Crippen molar-refractivity contribution >= 4 is 0 Å². The van der Waals surface area contributed by atoms with Gasteiger partial charge in [0.25, 0.3) is 0 Å². The first-order chi connectivity index (χ1) is 16.4. The Hall–Kier alpha value is -3.40. The Morgan fingerprint density at radius 3 is 1.76 bits per heavy atom. The zero-order valence-corrected chi connectivity index (χ0v) is 19.2. The Morgan fingerprint density at radius 1 is 0.647 bits per heavy atom. The summed E-state index contributed by atoms with van der Waals surface area (Å²) in [5, 5.41) is 0. The molecular weight excluding hydrogens is 436 g/mol. The summed E-state index contributed by atoms with van der Waals surface area (Å²) in [6, 6.07) is 22.2. The van der Waals surface area contributed by atoms with Crippen LogP contribution in [0.25, 0.3) is 22.3 Å². The van der Waals surface area contributed by atoms with E-state index < -0.39 is 28.8 Å². The van der Waals surface area contributed by atoms with Crippen LogP contribution in [0.15, 0.2) is 78.9 Å². The maximum absolute atomic E-state index is 14.9. The van der Waals surface area contributed by atoms with Crippen LogP contribution in [-0.4, -0.2) is 0 Å². The SMILES string of the molecule is CCCc1c(F)cc(-c2c(F)cc(-c3ccc(CC(C)c4ccccc4)cc3)cc2F)cc1F. The van der Waals surface area contributed by atoms with Crippen molar-refractivity contribution in [3.63, 3.8) is 0 Å². The van der Waals surface area contributed by atoms with E-state index in [0.29, 0.717) is 23.5 Å². The van der Waals surface area contributed by atoms with Crippen LogP contribution in [0.5, 0.6) is 0 Å². The second kappa shape index (κ2) is 10.3. The molecule has 0 fully saturated rings. The van der Waals surface area contributed by atoms with Gasteiger partial charge in [0.1, 0.15) is 23.3 Å². The highest BCUT2D eigenvalue weighted by Crippen LogP contribution is 2.33. The minimum Gasteiger partial charge on any atom is -0.207 e. The molecule has 0 saturated heterocycles. The van der Waals surface area contributed by atoms with Crippen molar-refractivity contribution in [3.05, 3.63) is 119 Å². The highest BCUT2D eigenvalue weighted by atomic mass is 19.1. The number of halogens is 4. The smallest absolute Gasteiger partial charge is 0.134 e. The Kier molecular flexibility index (Phi) is 7.16. The molecule has 34 heavy (non-hydrogen) atoms. The molecule has 0 spiro atoms. The lowest BCUT2D eigenvalue weighted by Crippen LogP contribution is -1.99. The fourth-order valence-corrected chi connectivity index (χ4v) is 4.34. The first kappa shape index (κ1) is 23.7. The molecule has 0 aliphatic rings. The molecule has 4 rings (SSSR count). The van der Waals surface area contributed by atoms with Crippen LogP contribution >= 0.6 is 0 Å². The van der Waals surface area contributed by atoms with E-state index in [2.05, 4.69) is 19.1 Å². The molecule has 0 aliphatic heterocycles. The molecule has 174 valence electrons. The van der Waals surface area contributed by atoms with Crippen molar-refractivity contribution in [3.8, 4) is 22.3 Å². The maximum atomic E-state index is 14.9. The number of hydrogen-bond acceptors (Lipinski definition) is 0. The Balaban J connectivity index is 1.59. The summed E-state index contributed by atoms with van der Waals surface area (Å²) in [7, 11) is 0. The van der Waals surface area contributed by atoms with Gasteiger partial charge in [-0.15, -0.1) is 0 Å². The van der Waals surface area contributed by atoms with Gasteiger partial charge in [-0.1, -0.05) is 74.9 Å². The van der Waals surface area contributed by atoms with E-state index in [9.17, 15) is 17.6 Å². The van der Waals surface area contributed by atoms with E-state index in [4.69, 9.17) is 0 Å². The van der Waals surface area contributed by atoms with Gasteiger partial charge in [-0.3, -0.25) is 0 Å². The van der Waals surface area contributed by atoms with Crippen molar-refractivity contribution in [1.82, 2.24) is 0 Å². The average molecular weight is 463 g/mol. The van der Waals surface area contributed by atoms with E-state index in [1.165, 1.54) is 17.7 Å². The van der Waals surface area contributed by atoms with E-state index in [1.54, 1.807) is 6.92 Å². The molecule has 0 saturated carbocycles. The van der Waals surface area contributed by atoms with Gasteiger partial charge in [0.15, 0.2) is 0 Å². The standard InChI is InChI=1S/C30H26F4/c1-3-7-25-26(31)17-24(18-27(25)32)30-28(33)15-23(16-29(30)34)22-12-10-20(11-13-22)14-19(2)21-8-5-4-6-9-21/h4-6,8-13,15-19H,3,7,14H2,1-2H3. The molecule has 0 N–H and O–H groups in total. The number of rotatable bonds is 7. The van der Waals surface area contributed by atoms with E-state index >= 15 is 0 Å². The molecule has 0 aliphatic carbocycles. The third-order valence-corrected chi connectivity index (χ3v) is 6.17. The van der Waals surface area contributed by atoms with E-state index in [1.807, 2.05) is 42.5 Å². The van der Waals surface area contributed by atoms with Gasteiger partial charge in [-0.2, -0.15) is 0 Å². The molecule has 0 bridgehead atoms. The molecule has 1 unspecified atom stereocenters. The lowest BCUT2D eigenvalue weighted by Gasteiger charge is -2.13. The summed E-state index contributed by atoms with van der Waals surface area (Å²) >= 11 is 0. The van der Waals surface area contributed by atoms with Crippen molar-refractivity contribution in [1.29, 1.82) is 0 Å². The summed E-state index contributed by atoms with van der Waals surface area (Å²) in [5.41, 5.74) is 2.75. The topological polar surface area (TPSA) is 0 Å². The van der Waals surface area contributed by atoms with Crippen molar-refractivity contribution in [2.45, 2.75) is 39.0 Å². The van der Waals surface area contributed by atoms with Crippen LogP contribution in [0.3, 0.4) is 0 Å². The number of hydrogen-bond donors (Lipinski definition) is 0. The first-order valence-electron chi connectivity index (χ1n) is 11.5. The Morgan fingerprint density at radius 2 is 1.21 bits per heavy atom. The molecule has 0 radical (unpaired) electrons. The predicted octanol–water partition coefficient (Wildman–Crippen LogP) is 8.88. The van der Waals surface area contributed by atoms with Crippen LogP contribution in [0.1, 0.15) is 42.9 Å². The lowest BCUT2D eigenvalue weighted by atomic mass is 9.92. The number of benzene rings is 4. The monoisotopic (exact) mass is 462 g/mol. The van der Waals surface area contributed by atoms with Gasteiger partial charge in [-0.25, -0.2) is 17.6 Å².